The second-order valence-corrected chi connectivity index (χ2v) is 6.50. The highest BCUT2D eigenvalue weighted by Gasteiger charge is 2.28. The van der Waals surface area contributed by atoms with Gasteiger partial charge in [0.1, 0.15) is 5.75 Å². The molecule has 1 heterocycles. The second kappa shape index (κ2) is 7.13. The van der Waals surface area contributed by atoms with E-state index in [0.717, 1.165) is 25.2 Å². The zero-order valence-corrected chi connectivity index (χ0v) is 13.8. The summed E-state index contributed by atoms with van der Waals surface area (Å²) in [6.45, 7) is 4.72. The molecule has 0 radical (unpaired) electrons. The number of phenols is 1. The monoisotopic (exact) mass is 311 g/mol. The predicted octanol–water partition coefficient (Wildman–Crippen LogP) is 2.60. The number of aromatic hydroxyl groups is 1. The Labute approximate surface area is 138 Å². The first-order valence-electron chi connectivity index (χ1n) is 8.14. The van der Waals surface area contributed by atoms with Crippen molar-refractivity contribution < 1.29 is 5.11 Å². The summed E-state index contributed by atoms with van der Waals surface area (Å²) in [6, 6.07) is 16.7. The van der Waals surface area contributed by atoms with Gasteiger partial charge in [0.05, 0.1) is 6.04 Å². The molecular formula is C19H25N3O. The van der Waals surface area contributed by atoms with Crippen LogP contribution in [0.15, 0.2) is 48.5 Å². The minimum atomic E-state index is 0.324. The summed E-state index contributed by atoms with van der Waals surface area (Å²) in [4.78, 5) is 2.28. The number of phenolic OH excluding ortho intramolecular Hbond substituents is 1. The molecule has 0 amide bonds. The minimum Gasteiger partial charge on any atom is -0.508 e. The highest BCUT2D eigenvalue weighted by Crippen LogP contribution is 2.26. The van der Waals surface area contributed by atoms with Crippen molar-refractivity contribution in [3.8, 4) is 5.75 Å². The second-order valence-electron chi connectivity index (χ2n) is 6.50. The summed E-state index contributed by atoms with van der Waals surface area (Å²) in [5.41, 5.74) is 10.2. The SMILES string of the molecule is Cc1ccc(O)c(CN(C)CC2CNNC2c2ccccc2)c1. The molecule has 122 valence electrons. The molecule has 23 heavy (non-hydrogen) atoms. The summed E-state index contributed by atoms with van der Waals surface area (Å²) in [5.74, 6) is 0.874. The Morgan fingerprint density at radius 1 is 1.17 bits per heavy atom. The lowest BCUT2D eigenvalue weighted by atomic mass is 9.94. The van der Waals surface area contributed by atoms with E-state index in [1.54, 1.807) is 6.07 Å². The van der Waals surface area contributed by atoms with Crippen molar-refractivity contribution in [3.63, 3.8) is 0 Å². The maximum Gasteiger partial charge on any atom is 0.120 e. The average molecular weight is 311 g/mol. The molecule has 0 aliphatic carbocycles. The lowest BCUT2D eigenvalue weighted by Gasteiger charge is -2.25. The molecule has 1 fully saturated rings. The van der Waals surface area contributed by atoms with Crippen molar-refractivity contribution in [2.45, 2.75) is 19.5 Å². The van der Waals surface area contributed by atoms with E-state index in [2.05, 4.69) is 60.1 Å². The van der Waals surface area contributed by atoms with E-state index in [0.29, 0.717) is 17.7 Å². The van der Waals surface area contributed by atoms with Gasteiger partial charge >= 0.3 is 0 Å². The number of nitrogens with one attached hydrogen (secondary N) is 2. The molecule has 2 aromatic carbocycles. The Hall–Kier alpha value is -1.88. The maximum absolute atomic E-state index is 10.0. The van der Waals surface area contributed by atoms with Crippen LogP contribution in [0.3, 0.4) is 0 Å². The number of nitrogens with zero attached hydrogens (tertiary/aromatic N) is 1. The van der Waals surface area contributed by atoms with Crippen LogP contribution in [-0.4, -0.2) is 30.1 Å². The van der Waals surface area contributed by atoms with E-state index < -0.39 is 0 Å². The number of hydrazine groups is 1. The molecule has 0 spiro atoms. The third kappa shape index (κ3) is 3.91. The van der Waals surface area contributed by atoms with Crippen LogP contribution < -0.4 is 10.9 Å². The van der Waals surface area contributed by atoms with Crippen molar-refractivity contribution in [2.24, 2.45) is 5.92 Å². The minimum absolute atomic E-state index is 0.324. The Balaban J connectivity index is 1.65. The standard InChI is InChI=1S/C19H25N3O/c1-14-8-9-18(23)16(10-14)12-22(2)13-17-11-20-21-19(17)15-6-4-3-5-7-15/h3-10,17,19-21,23H,11-13H2,1-2H3. The van der Waals surface area contributed by atoms with Crippen LogP contribution >= 0.6 is 0 Å². The quantitative estimate of drug-likeness (QED) is 0.794. The predicted molar refractivity (Wildman–Crippen MR) is 93.0 cm³/mol. The van der Waals surface area contributed by atoms with Gasteiger partial charge in [-0.1, -0.05) is 48.0 Å². The molecule has 3 N–H and O–H groups in total. The zero-order chi connectivity index (χ0) is 16.2. The number of benzene rings is 2. The molecule has 1 saturated heterocycles. The Kier molecular flexibility index (Phi) is 4.96. The van der Waals surface area contributed by atoms with Gasteiger partial charge in [-0.15, -0.1) is 0 Å². The van der Waals surface area contributed by atoms with Crippen molar-refractivity contribution in [1.29, 1.82) is 0 Å². The Morgan fingerprint density at radius 2 is 1.96 bits per heavy atom. The third-order valence-corrected chi connectivity index (χ3v) is 4.47. The fourth-order valence-electron chi connectivity index (χ4n) is 3.32. The van der Waals surface area contributed by atoms with Gasteiger partial charge in [0.2, 0.25) is 0 Å². The largest absolute Gasteiger partial charge is 0.508 e. The summed E-state index contributed by atoms with van der Waals surface area (Å²) >= 11 is 0. The summed E-state index contributed by atoms with van der Waals surface area (Å²) < 4.78 is 0. The highest BCUT2D eigenvalue weighted by molar-refractivity contribution is 5.35. The van der Waals surface area contributed by atoms with E-state index >= 15 is 0 Å². The van der Waals surface area contributed by atoms with Crippen molar-refractivity contribution in [1.82, 2.24) is 15.8 Å². The van der Waals surface area contributed by atoms with Gasteiger partial charge in [0.25, 0.3) is 0 Å². The molecule has 4 heteroatoms. The van der Waals surface area contributed by atoms with Crippen molar-refractivity contribution in [2.75, 3.05) is 20.1 Å². The van der Waals surface area contributed by atoms with Crippen molar-refractivity contribution >= 4 is 0 Å². The van der Waals surface area contributed by atoms with Crippen molar-refractivity contribution in [3.05, 3.63) is 65.2 Å². The number of aryl methyl sites for hydroxylation is 1. The molecule has 1 aliphatic heterocycles. The maximum atomic E-state index is 10.0. The van der Waals surface area contributed by atoms with Gasteiger partial charge in [0, 0.05) is 31.1 Å². The van der Waals surface area contributed by atoms with E-state index in [4.69, 9.17) is 0 Å². The van der Waals surface area contributed by atoms with Gasteiger partial charge in [0.15, 0.2) is 0 Å². The van der Waals surface area contributed by atoms with Crippen LogP contribution in [0.1, 0.15) is 22.7 Å². The molecule has 2 atom stereocenters. The molecule has 2 aromatic rings. The summed E-state index contributed by atoms with van der Waals surface area (Å²) in [5, 5.41) is 10.0. The van der Waals surface area contributed by atoms with Gasteiger partial charge in [-0.25, -0.2) is 5.43 Å². The molecular weight excluding hydrogens is 286 g/mol. The number of rotatable bonds is 5. The van der Waals surface area contributed by atoms with Crippen LogP contribution in [0.2, 0.25) is 0 Å². The molecule has 4 nitrogen and oxygen atoms in total. The fraction of sp³-hybridized carbons (Fsp3) is 0.368. The molecule has 3 rings (SSSR count). The number of hydrogen-bond donors (Lipinski definition) is 3. The van der Waals surface area contributed by atoms with Crippen LogP contribution in [0.25, 0.3) is 0 Å². The topological polar surface area (TPSA) is 47.5 Å². The van der Waals surface area contributed by atoms with Gasteiger partial charge < -0.3 is 10.0 Å². The van der Waals surface area contributed by atoms with Crippen LogP contribution in [-0.2, 0) is 6.54 Å². The van der Waals surface area contributed by atoms with Gasteiger partial charge in [-0.05, 0) is 25.6 Å². The lowest BCUT2D eigenvalue weighted by molar-refractivity contribution is 0.259. The summed E-state index contributed by atoms with van der Waals surface area (Å²) in [6.07, 6.45) is 0. The average Bonchev–Trinajstić information content (AvgIpc) is 3.00. The zero-order valence-electron chi connectivity index (χ0n) is 13.8. The smallest absolute Gasteiger partial charge is 0.120 e. The van der Waals surface area contributed by atoms with Crippen LogP contribution in [0.5, 0.6) is 5.75 Å². The Morgan fingerprint density at radius 3 is 2.74 bits per heavy atom. The molecule has 1 aliphatic rings. The first-order chi connectivity index (χ1) is 11.1. The van der Waals surface area contributed by atoms with E-state index in [9.17, 15) is 5.11 Å². The normalized spacial score (nSPS) is 21.0. The highest BCUT2D eigenvalue weighted by atomic mass is 16.3. The molecule has 0 aromatic heterocycles. The number of hydrogen-bond acceptors (Lipinski definition) is 4. The summed E-state index contributed by atoms with van der Waals surface area (Å²) in [7, 11) is 2.11. The molecule has 2 unspecified atom stereocenters. The molecule has 0 saturated carbocycles. The van der Waals surface area contributed by atoms with E-state index in [1.165, 1.54) is 11.1 Å². The van der Waals surface area contributed by atoms with Crippen LogP contribution in [0.4, 0.5) is 0 Å². The van der Waals surface area contributed by atoms with Gasteiger partial charge in [-0.3, -0.25) is 5.43 Å². The van der Waals surface area contributed by atoms with E-state index in [-0.39, 0.29) is 0 Å². The fourth-order valence-corrected chi connectivity index (χ4v) is 3.32. The molecule has 0 bridgehead atoms. The Bertz CT molecular complexity index is 644. The first-order valence-corrected chi connectivity index (χ1v) is 8.14. The lowest BCUT2D eigenvalue weighted by Crippen LogP contribution is -2.30. The third-order valence-electron chi connectivity index (χ3n) is 4.47. The first kappa shape index (κ1) is 16.0. The van der Waals surface area contributed by atoms with Gasteiger partial charge in [-0.2, -0.15) is 0 Å². The van der Waals surface area contributed by atoms with Crippen LogP contribution in [0, 0.1) is 12.8 Å². The van der Waals surface area contributed by atoms with E-state index in [1.807, 2.05) is 12.1 Å².